The van der Waals surface area contributed by atoms with Crippen LogP contribution >= 0.6 is 0 Å². The summed E-state index contributed by atoms with van der Waals surface area (Å²) in [6.07, 6.45) is 3.40. The lowest BCUT2D eigenvalue weighted by Gasteiger charge is -2.15. The molecule has 3 N–H and O–H groups in total. The van der Waals surface area contributed by atoms with Crippen molar-refractivity contribution < 1.29 is 9.59 Å². The molecule has 0 radical (unpaired) electrons. The van der Waals surface area contributed by atoms with Crippen LogP contribution in [0.4, 0.5) is 17.2 Å². The van der Waals surface area contributed by atoms with E-state index in [1.165, 1.54) is 6.20 Å². The zero-order chi connectivity index (χ0) is 22.0. The highest BCUT2D eigenvalue weighted by molar-refractivity contribution is 6.13. The normalized spacial score (nSPS) is 10.7. The molecule has 4 aromatic rings. The maximum atomic E-state index is 13.2. The Labute approximate surface area is 180 Å². The van der Waals surface area contributed by atoms with E-state index in [2.05, 4.69) is 20.9 Å². The van der Waals surface area contributed by atoms with E-state index in [4.69, 9.17) is 0 Å². The fourth-order valence-corrected chi connectivity index (χ4v) is 3.50. The van der Waals surface area contributed by atoms with Crippen molar-refractivity contribution in [2.24, 2.45) is 7.05 Å². The molecule has 2 amide bonds. The van der Waals surface area contributed by atoms with Crippen molar-refractivity contribution >= 4 is 39.9 Å². The molecule has 31 heavy (non-hydrogen) atoms. The van der Waals surface area contributed by atoms with Crippen LogP contribution in [0.1, 0.15) is 26.3 Å². The average molecular weight is 413 g/mol. The number of hydrogen-bond acceptors (Lipinski definition) is 4. The van der Waals surface area contributed by atoms with Crippen molar-refractivity contribution in [2.45, 2.75) is 6.92 Å². The van der Waals surface area contributed by atoms with Gasteiger partial charge in [-0.25, -0.2) is 4.98 Å². The second-order valence-electron chi connectivity index (χ2n) is 7.26. The molecule has 2 aromatic heterocycles. The smallest absolute Gasteiger partial charge is 0.257 e. The molecule has 0 aliphatic carbocycles. The number of aryl methyl sites for hydroxylation is 2. The molecular formula is C24H23N5O2. The Hall–Kier alpha value is -4.13. The van der Waals surface area contributed by atoms with Crippen LogP contribution in [0.5, 0.6) is 0 Å². The van der Waals surface area contributed by atoms with Gasteiger partial charge in [0.2, 0.25) is 0 Å². The fraction of sp³-hybridized carbons (Fsp3) is 0.125. The molecule has 0 aliphatic rings. The van der Waals surface area contributed by atoms with E-state index < -0.39 is 0 Å². The van der Waals surface area contributed by atoms with Crippen molar-refractivity contribution in [2.75, 3.05) is 17.7 Å². The monoisotopic (exact) mass is 413 g/mol. The topological polar surface area (TPSA) is 88.1 Å². The third-order valence-electron chi connectivity index (χ3n) is 5.17. The molecule has 0 aliphatic heterocycles. The maximum absolute atomic E-state index is 13.2. The number of nitrogens with one attached hydrogen (secondary N) is 3. The zero-order valence-electron chi connectivity index (χ0n) is 17.6. The number of aromatic nitrogens is 2. The quantitative estimate of drug-likeness (QED) is 0.457. The van der Waals surface area contributed by atoms with Crippen LogP contribution in [0, 0.1) is 6.92 Å². The molecule has 4 rings (SSSR count). The Morgan fingerprint density at radius 1 is 0.968 bits per heavy atom. The predicted molar refractivity (Wildman–Crippen MR) is 123 cm³/mol. The Morgan fingerprint density at radius 3 is 2.55 bits per heavy atom. The molecule has 0 bridgehead atoms. The van der Waals surface area contributed by atoms with Crippen LogP contribution in [0.3, 0.4) is 0 Å². The largest absolute Gasteiger partial charge is 0.355 e. The van der Waals surface area contributed by atoms with Crippen LogP contribution in [0.2, 0.25) is 0 Å². The summed E-state index contributed by atoms with van der Waals surface area (Å²) in [5.41, 5.74) is 4.04. The van der Waals surface area contributed by atoms with Gasteiger partial charge < -0.3 is 20.5 Å². The summed E-state index contributed by atoms with van der Waals surface area (Å²) in [4.78, 5) is 29.8. The van der Waals surface area contributed by atoms with E-state index in [1.807, 2.05) is 67.2 Å². The molecule has 0 saturated carbocycles. The summed E-state index contributed by atoms with van der Waals surface area (Å²) >= 11 is 0. The summed E-state index contributed by atoms with van der Waals surface area (Å²) in [6.45, 7) is 1.98. The molecule has 0 fully saturated rings. The number of benzene rings is 2. The second kappa shape index (κ2) is 8.31. The second-order valence-corrected chi connectivity index (χ2v) is 7.26. The van der Waals surface area contributed by atoms with E-state index in [0.29, 0.717) is 22.6 Å². The van der Waals surface area contributed by atoms with Crippen molar-refractivity contribution in [3.63, 3.8) is 0 Å². The van der Waals surface area contributed by atoms with Crippen LogP contribution < -0.4 is 16.0 Å². The van der Waals surface area contributed by atoms with Crippen LogP contribution in [0.15, 0.2) is 67.0 Å². The number of anilines is 3. The Morgan fingerprint density at radius 2 is 1.77 bits per heavy atom. The molecule has 2 aromatic carbocycles. The minimum atomic E-state index is -0.282. The van der Waals surface area contributed by atoms with E-state index in [0.717, 1.165) is 22.2 Å². The molecule has 0 spiro atoms. The lowest BCUT2D eigenvalue weighted by Crippen LogP contribution is -2.20. The van der Waals surface area contributed by atoms with E-state index >= 15 is 0 Å². The first-order chi connectivity index (χ1) is 15.0. The highest BCUT2D eigenvalue weighted by Gasteiger charge is 2.17. The number of amides is 2. The minimum absolute atomic E-state index is 0.281. The van der Waals surface area contributed by atoms with Crippen molar-refractivity contribution in [3.8, 4) is 0 Å². The van der Waals surface area contributed by atoms with E-state index in [-0.39, 0.29) is 11.8 Å². The van der Waals surface area contributed by atoms with Crippen molar-refractivity contribution in [1.29, 1.82) is 0 Å². The number of carbonyl (C=O) groups excluding carboxylic acids is 2. The van der Waals surface area contributed by atoms with Crippen LogP contribution in [0.25, 0.3) is 10.9 Å². The van der Waals surface area contributed by atoms with Gasteiger partial charge in [-0.05, 0) is 36.8 Å². The van der Waals surface area contributed by atoms with Gasteiger partial charge in [-0.2, -0.15) is 0 Å². The number of para-hydroxylation sites is 2. The highest BCUT2D eigenvalue weighted by atomic mass is 16.2. The molecular weight excluding hydrogens is 390 g/mol. The summed E-state index contributed by atoms with van der Waals surface area (Å²) in [5.74, 6) is -0.111. The van der Waals surface area contributed by atoms with E-state index in [1.54, 1.807) is 19.2 Å². The lowest BCUT2D eigenvalue weighted by atomic mass is 10.1. The summed E-state index contributed by atoms with van der Waals surface area (Å²) in [7, 11) is 3.45. The van der Waals surface area contributed by atoms with E-state index in [9.17, 15) is 9.59 Å². The maximum Gasteiger partial charge on any atom is 0.257 e. The first-order valence-corrected chi connectivity index (χ1v) is 9.88. The molecule has 156 valence electrons. The summed E-state index contributed by atoms with van der Waals surface area (Å²) in [6, 6.07) is 17.0. The Bertz CT molecular complexity index is 1290. The fourth-order valence-electron chi connectivity index (χ4n) is 3.50. The van der Waals surface area contributed by atoms with Gasteiger partial charge >= 0.3 is 0 Å². The highest BCUT2D eigenvalue weighted by Crippen LogP contribution is 2.28. The molecule has 0 unspecified atom stereocenters. The summed E-state index contributed by atoms with van der Waals surface area (Å²) < 4.78 is 1.91. The molecule has 2 heterocycles. The first-order valence-electron chi connectivity index (χ1n) is 9.88. The van der Waals surface area contributed by atoms with Gasteiger partial charge in [0.05, 0.1) is 22.3 Å². The van der Waals surface area contributed by atoms with Gasteiger partial charge in [-0.3, -0.25) is 9.59 Å². The molecule has 0 saturated heterocycles. The SMILES string of the molecule is CNC(=O)c1cnc(Nc2ccccc2C)c(NC(=O)c2cccc3ccn(C)c23)c1. The number of fused-ring (bicyclic) bond motifs is 1. The Kier molecular flexibility index (Phi) is 5.41. The van der Waals surface area contributed by atoms with Gasteiger partial charge in [0.15, 0.2) is 5.82 Å². The van der Waals surface area contributed by atoms with Crippen molar-refractivity contribution in [1.82, 2.24) is 14.9 Å². The number of rotatable bonds is 5. The zero-order valence-corrected chi connectivity index (χ0v) is 17.6. The first kappa shape index (κ1) is 20.2. The average Bonchev–Trinajstić information content (AvgIpc) is 3.16. The van der Waals surface area contributed by atoms with Gasteiger partial charge in [-0.15, -0.1) is 0 Å². The molecule has 7 nitrogen and oxygen atoms in total. The van der Waals surface area contributed by atoms with Gasteiger partial charge in [0, 0.05) is 37.6 Å². The molecule has 7 heteroatoms. The van der Waals surface area contributed by atoms with Gasteiger partial charge in [0.1, 0.15) is 0 Å². The summed E-state index contributed by atoms with van der Waals surface area (Å²) in [5, 5.41) is 9.76. The predicted octanol–water partition coefficient (Wildman–Crippen LogP) is 4.24. The minimum Gasteiger partial charge on any atom is -0.355 e. The third-order valence-corrected chi connectivity index (χ3v) is 5.17. The lowest BCUT2D eigenvalue weighted by molar-refractivity contribution is 0.0961. The number of hydrogen-bond donors (Lipinski definition) is 3. The third kappa shape index (κ3) is 3.98. The number of pyridine rings is 1. The molecule has 0 atom stereocenters. The van der Waals surface area contributed by atoms with Crippen LogP contribution in [-0.2, 0) is 7.05 Å². The number of carbonyl (C=O) groups is 2. The van der Waals surface area contributed by atoms with Gasteiger partial charge in [0.25, 0.3) is 11.8 Å². The van der Waals surface area contributed by atoms with Gasteiger partial charge in [-0.1, -0.05) is 30.3 Å². The van der Waals surface area contributed by atoms with Crippen LogP contribution in [-0.4, -0.2) is 28.4 Å². The van der Waals surface area contributed by atoms with Crippen molar-refractivity contribution in [3.05, 3.63) is 83.7 Å². The number of nitrogens with zero attached hydrogens (tertiary/aromatic N) is 2. The Balaban J connectivity index is 1.74. The standard InChI is InChI=1S/C24H23N5O2/c1-15-7-4-5-10-19(15)27-22-20(13-17(14-26-22)23(30)25-2)28-24(31)18-9-6-8-16-11-12-29(3)21(16)18/h4-14H,1-3H3,(H,25,30)(H,26,27)(H,28,31).